The van der Waals surface area contributed by atoms with Gasteiger partial charge in [0.1, 0.15) is 0 Å². The van der Waals surface area contributed by atoms with Gasteiger partial charge in [0.25, 0.3) is 0 Å². The average Bonchev–Trinajstić information content (AvgIpc) is 2.17. The average molecular weight is 178 g/mol. The van der Waals surface area contributed by atoms with Crippen molar-refractivity contribution >= 4 is 0 Å². The molecule has 0 aliphatic carbocycles. The van der Waals surface area contributed by atoms with Gasteiger partial charge in [-0.3, -0.25) is 0 Å². The van der Waals surface area contributed by atoms with Crippen LogP contribution >= 0.6 is 0 Å². The van der Waals surface area contributed by atoms with Crippen LogP contribution in [0.5, 0.6) is 0 Å². The van der Waals surface area contributed by atoms with Gasteiger partial charge in [-0.1, -0.05) is 44.2 Å². The van der Waals surface area contributed by atoms with Crippen LogP contribution in [-0.2, 0) is 5.41 Å². The lowest BCUT2D eigenvalue weighted by Crippen LogP contribution is -2.33. The van der Waals surface area contributed by atoms with Gasteiger partial charge in [0.15, 0.2) is 0 Å². The molecule has 0 spiro atoms. The van der Waals surface area contributed by atoms with E-state index in [0.717, 1.165) is 6.42 Å². The molecule has 1 N–H and O–H groups in total. The minimum Gasteiger partial charge on any atom is -0.393 e. The molecule has 1 rings (SSSR count). The largest absolute Gasteiger partial charge is 0.393 e. The number of aliphatic hydroxyl groups is 1. The van der Waals surface area contributed by atoms with E-state index in [2.05, 4.69) is 26.0 Å². The van der Waals surface area contributed by atoms with E-state index < -0.39 is 0 Å². The van der Waals surface area contributed by atoms with Crippen molar-refractivity contribution in [3.05, 3.63) is 35.9 Å². The third-order valence-corrected chi connectivity index (χ3v) is 3.09. The predicted molar refractivity (Wildman–Crippen MR) is 55.8 cm³/mol. The highest BCUT2D eigenvalue weighted by Gasteiger charge is 2.29. The smallest absolute Gasteiger partial charge is 0.0605 e. The minimum absolute atomic E-state index is 0.110. The van der Waals surface area contributed by atoms with Gasteiger partial charge in [-0.2, -0.15) is 0 Å². The lowest BCUT2D eigenvalue weighted by Gasteiger charge is -2.32. The van der Waals surface area contributed by atoms with Crippen molar-refractivity contribution in [1.82, 2.24) is 0 Å². The molecule has 13 heavy (non-hydrogen) atoms. The molecule has 0 saturated carbocycles. The zero-order valence-electron chi connectivity index (χ0n) is 8.62. The quantitative estimate of drug-likeness (QED) is 0.754. The molecule has 1 aromatic carbocycles. The summed E-state index contributed by atoms with van der Waals surface area (Å²) in [5.74, 6) is 0. The fourth-order valence-electron chi connectivity index (χ4n) is 1.56. The van der Waals surface area contributed by atoms with E-state index in [9.17, 15) is 5.11 Å². The Hall–Kier alpha value is -0.820. The fraction of sp³-hybridized carbons (Fsp3) is 0.500. The molecular formula is C12H18O. The molecule has 1 nitrogen and oxygen atoms in total. The summed E-state index contributed by atoms with van der Waals surface area (Å²) in [7, 11) is 0. The Bertz CT molecular complexity index is 253. The van der Waals surface area contributed by atoms with Crippen molar-refractivity contribution in [3.8, 4) is 0 Å². The standard InChI is InChI=1S/C12H18O/c1-4-12(3,10(2)13)11-8-6-5-7-9-11/h5-10,13H,4H2,1-3H3/t10-,12+/m1/s1. The Labute approximate surface area is 80.4 Å². The second-order valence-corrected chi connectivity index (χ2v) is 3.81. The summed E-state index contributed by atoms with van der Waals surface area (Å²) in [5.41, 5.74) is 1.11. The van der Waals surface area contributed by atoms with Gasteiger partial charge in [-0.15, -0.1) is 0 Å². The van der Waals surface area contributed by atoms with E-state index in [1.54, 1.807) is 0 Å². The van der Waals surface area contributed by atoms with E-state index in [1.165, 1.54) is 5.56 Å². The van der Waals surface area contributed by atoms with Crippen LogP contribution in [-0.4, -0.2) is 11.2 Å². The first-order chi connectivity index (χ1) is 6.11. The maximum Gasteiger partial charge on any atom is 0.0605 e. The van der Waals surface area contributed by atoms with Crippen LogP contribution in [0.1, 0.15) is 32.8 Å². The third-order valence-electron chi connectivity index (χ3n) is 3.09. The molecule has 0 aliphatic heterocycles. The van der Waals surface area contributed by atoms with E-state index in [4.69, 9.17) is 0 Å². The molecule has 1 heteroatoms. The first-order valence-corrected chi connectivity index (χ1v) is 4.85. The molecule has 0 amide bonds. The molecule has 0 fully saturated rings. The number of aliphatic hydroxyl groups excluding tert-OH is 1. The zero-order chi connectivity index (χ0) is 9.90. The van der Waals surface area contributed by atoms with Crippen LogP contribution in [0.2, 0.25) is 0 Å². The molecule has 0 unspecified atom stereocenters. The molecular weight excluding hydrogens is 160 g/mol. The van der Waals surface area contributed by atoms with Gasteiger partial charge in [-0.25, -0.2) is 0 Å². The Morgan fingerprint density at radius 3 is 2.23 bits per heavy atom. The van der Waals surface area contributed by atoms with E-state index in [0.29, 0.717) is 0 Å². The third kappa shape index (κ3) is 1.92. The number of hydrogen-bond donors (Lipinski definition) is 1. The number of hydrogen-bond acceptors (Lipinski definition) is 1. The lowest BCUT2D eigenvalue weighted by molar-refractivity contribution is 0.104. The maximum absolute atomic E-state index is 9.72. The monoisotopic (exact) mass is 178 g/mol. The SMILES string of the molecule is CC[C@](C)(c1ccccc1)[C@@H](C)O. The van der Waals surface area contributed by atoms with E-state index in [1.807, 2.05) is 25.1 Å². The number of rotatable bonds is 3. The molecule has 0 saturated heterocycles. The summed E-state index contributed by atoms with van der Waals surface area (Å²) in [4.78, 5) is 0. The lowest BCUT2D eigenvalue weighted by atomic mass is 9.76. The Balaban J connectivity index is 3.03. The molecule has 0 radical (unpaired) electrons. The summed E-state index contributed by atoms with van der Waals surface area (Å²) in [6.45, 7) is 6.07. The summed E-state index contributed by atoms with van der Waals surface area (Å²) >= 11 is 0. The number of benzene rings is 1. The highest BCUT2D eigenvalue weighted by Crippen LogP contribution is 2.30. The van der Waals surface area contributed by atoms with Gasteiger partial charge in [0, 0.05) is 5.41 Å². The highest BCUT2D eigenvalue weighted by atomic mass is 16.3. The molecule has 2 atom stereocenters. The van der Waals surface area contributed by atoms with Crippen LogP contribution < -0.4 is 0 Å². The second-order valence-electron chi connectivity index (χ2n) is 3.81. The highest BCUT2D eigenvalue weighted by molar-refractivity contribution is 5.25. The van der Waals surface area contributed by atoms with Crippen LogP contribution in [0, 0.1) is 0 Å². The zero-order valence-corrected chi connectivity index (χ0v) is 8.62. The Kier molecular flexibility index (Phi) is 3.10. The van der Waals surface area contributed by atoms with Crippen molar-refractivity contribution in [1.29, 1.82) is 0 Å². The van der Waals surface area contributed by atoms with Gasteiger partial charge in [0.2, 0.25) is 0 Å². The molecule has 0 heterocycles. The van der Waals surface area contributed by atoms with E-state index >= 15 is 0 Å². The topological polar surface area (TPSA) is 20.2 Å². The van der Waals surface area contributed by atoms with Crippen molar-refractivity contribution in [2.45, 2.75) is 38.7 Å². The van der Waals surface area contributed by atoms with Crippen LogP contribution in [0.25, 0.3) is 0 Å². The summed E-state index contributed by atoms with van der Waals surface area (Å²) in [6, 6.07) is 10.2. The van der Waals surface area contributed by atoms with Gasteiger partial charge in [-0.05, 0) is 18.9 Å². The summed E-state index contributed by atoms with van der Waals surface area (Å²) < 4.78 is 0. The fourth-order valence-corrected chi connectivity index (χ4v) is 1.56. The van der Waals surface area contributed by atoms with Crippen molar-refractivity contribution in [3.63, 3.8) is 0 Å². The first kappa shape index (κ1) is 10.3. The van der Waals surface area contributed by atoms with Gasteiger partial charge in [0.05, 0.1) is 6.10 Å². The van der Waals surface area contributed by atoms with E-state index in [-0.39, 0.29) is 11.5 Å². The summed E-state index contributed by atoms with van der Waals surface area (Å²) in [6.07, 6.45) is 0.647. The molecule has 0 aromatic heterocycles. The van der Waals surface area contributed by atoms with Crippen molar-refractivity contribution in [2.75, 3.05) is 0 Å². The summed E-state index contributed by atoms with van der Waals surface area (Å²) in [5, 5.41) is 9.72. The van der Waals surface area contributed by atoms with Crippen LogP contribution in [0.15, 0.2) is 30.3 Å². The minimum atomic E-state index is -0.306. The first-order valence-electron chi connectivity index (χ1n) is 4.85. The van der Waals surface area contributed by atoms with Crippen molar-refractivity contribution in [2.24, 2.45) is 0 Å². The predicted octanol–water partition coefficient (Wildman–Crippen LogP) is 2.74. The molecule has 0 bridgehead atoms. The normalized spacial score (nSPS) is 17.8. The van der Waals surface area contributed by atoms with Gasteiger partial charge < -0.3 is 5.11 Å². The van der Waals surface area contributed by atoms with Crippen molar-refractivity contribution < 1.29 is 5.11 Å². The van der Waals surface area contributed by atoms with Gasteiger partial charge >= 0.3 is 0 Å². The molecule has 72 valence electrons. The Morgan fingerprint density at radius 1 is 1.31 bits per heavy atom. The molecule has 1 aromatic rings. The molecule has 0 aliphatic rings. The maximum atomic E-state index is 9.72. The van der Waals surface area contributed by atoms with Crippen LogP contribution in [0.3, 0.4) is 0 Å². The second kappa shape index (κ2) is 3.93. The Morgan fingerprint density at radius 2 is 1.85 bits per heavy atom. The van der Waals surface area contributed by atoms with Crippen LogP contribution in [0.4, 0.5) is 0 Å².